The predicted octanol–water partition coefficient (Wildman–Crippen LogP) is 5.11. The lowest BCUT2D eigenvalue weighted by molar-refractivity contribution is 0.119. The van der Waals surface area contributed by atoms with Crippen molar-refractivity contribution in [1.29, 1.82) is 0 Å². The molecule has 0 fully saturated rings. The maximum Gasteiger partial charge on any atom is 0.194 e. The van der Waals surface area contributed by atoms with Crippen molar-refractivity contribution in [3.8, 4) is 10.6 Å². The summed E-state index contributed by atoms with van der Waals surface area (Å²) in [7, 11) is 5.52. The first-order valence-corrected chi connectivity index (χ1v) is 11.1. The maximum atomic E-state index is 5.35. The number of benzene rings is 1. The summed E-state index contributed by atoms with van der Waals surface area (Å²) in [5, 5.41) is 7.57. The van der Waals surface area contributed by atoms with Crippen LogP contribution in [0.2, 0.25) is 0 Å². The molecular weight excluding hydrogens is 529 g/mol. The van der Waals surface area contributed by atoms with E-state index in [0.29, 0.717) is 13.1 Å². The van der Waals surface area contributed by atoms with E-state index in [2.05, 4.69) is 44.6 Å². The van der Waals surface area contributed by atoms with E-state index in [-0.39, 0.29) is 30.1 Å². The van der Waals surface area contributed by atoms with Crippen LogP contribution in [-0.4, -0.2) is 42.0 Å². The quantitative estimate of drug-likeness (QED) is 0.249. The van der Waals surface area contributed by atoms with Crippen LogP contribution in [0.3, 0.4) is 0 Å². The summed E-state index contributed by atoms with van der Waals surface area (Å²) >= 11 is 3.34. The molecule has 162 valence electrons. The molecule has 3 rings (SSSR count). The fourth-order valence-electron chi connectivity index (χ4n) is 2.84. The van der Waals surface area contributed by atoms with Gasteiger partial charge in [-0.2, -0.15) is 0 Å². The van der Waals surface area contributed by atoms with E-state index in [1.807, 2.05) is 32.2 Å². The standard InChI is InChI=1S/C21H27N5OS2.HI/c1-14-18(29-20(24-14)16-9-7-6-8-10-16)11-23-21(22-3)26(4)12-17-13-28-19(25-17)15(2)27-5;/h6-10,13,15H,11-12H2,1-5H3,(H,22,23);1H. The minimum atomic E-state index is 0. The zero-order valence-electron chi connectivity index (χ0n) is 17.9. The number of hydrogen-bond acceptors (Lipinski definition) is 6. The molecule has 0 aliphatic heterocycles. The smallest absolute Gasteiger partial charge is 0.194 e. The molecule has 2 aromatic heterocycles. The second-order valence-corrected chi connectivity index (χ2v) is 8.68. The first kappa shape index (κ1) is 24.7. The molecule has 0 bridgehead atoms. The first-order valence-electron chi connectivity index (χ1n) is 9.42. The average Bonchev–Trinajstić information content (AvgIpc) is 3.35. The Hall–Kier alpha value is -1.56. The van der Waals surface area contributed by atoms with Crippen molar-refractivity contribution >= 4 is 52.6 Å². The Morgan fingerprint density at radius 2 is 2.00 bits per heavy atom. The number of nitrogens with zero attached hydrogens (tertiary/aromatic N) is 4. The highest BCUT2D eigenvalue weighted by molar-refractivity contribution is 14.0. The highest BCUT2D eigenvalue weighted by Gasteiger charge is 2.14. The van der Waals surface area contributed by atoms with Crippen molar-refractivity contribution in [2.45, 2.75) is 33.0 Å². The summed E-state index contributed by atoms with van der Waals surface area (Å²) in [5.41, 5.74) is 3.22. The third-order valence-corrected chi connectivity index (χ3v) is 6.82. The van der Waals surface area contributed by atoms with E-state index in [0.717, 1.165) is 32.9 Å². The number of rotatable bonds is 7. The lowest BCUT2D eigenvalue weighted by Crippen LogP contribution is -2.38. The second kappa shape index (κ2) is 11.7. The van der Waals surface area contributed by atoms with Crippen LogP contribution >= 0.6 is 46.7 Å². The van der Waals surface area contributed by atoms with Crippen LogP contribution < -0.4 is 5.32 Å². The third-order valence-electron chi connectivity index (χ3n) is 4.56. The van der Waals surface area contributed by atoms with Gasteiger partial charge >= 0.3 is 0 Å². The van der Waals surface area contributed by atoms with Crippen LogP contribution in [-0.2, 0) is 17.8 Å². The molecule has 0 aliphatic rings. The SMILES string of the molecule is CN=C(NCc1sc(-c2ccccc2)nc1C)N(C)Cc1csc(C(C)OC)n1.I. The van der Waals surface area contributed by atoms with Crippen LogP contribution in [0.1, 0.15) is 34.3 Å². The van der Waals surface area contributed by atoms with Gasteiger partial charge in [0.1, 0.15) is 16.1 Å². The number of aliphatic imine (C=N–C) groups is 1. The van der Waals surface area contributed by atoms with Crippen molar-refractivity contribution in [3.63, 3.8) is 0 Å². The van der Waals surface area contributed by atoms with Gasteiger partial charge in [0.25, 0.3) is 0 Å². The fraction of sp³-hybridized carbons (Fsp3) is 0.381. The minimum absolute atomic E-state index is 0. The lowest BCUT2D eigenvalue weighted by Gasteiger charge is -2.21. The Morgan fingerprint density at radius 3 is 2.67 bits per heavy atom. The highest BCUT2D eigenvalue weighted by Crippen LogP contribution is 2.27. The monoisotopic (exact) mass is 557 g/mol. The number of hydrogen-bond donors (Lipinski definition) is 1. The van der Waals surface area contributed by atoms with E-state index in [1.54, 1.807) is 36.8 Å². The number of ether oxygens (including phenoxy) is 1. The molecule has 0 saturated heterocycles. The number of thiazole rings is 2. The maximum absolute atomic E-state index is 5.35. The van der Waals surface area contributed by atoms with Gasteiger partial charge in [-0.25, -0.2) is 9.97 Å². The summed E-state index contributed by atoms with van der Waals surface area (Å²) in [6, 6.07) is 10.3. The Balaban J connectivity index is 0.00000320. The summed E-state index contributed by atoms with van der Waals surface area (Å²) in [6.45, 7) is 5.44. The molecule has 1 unspecified atom stereocenters. The van der Waals surface area contributed by atoms with Gasteiger partial charge in [-0.3, -0.25) is 4.99 Å². The number of aromatic nitrogens is 2. The van der Waals surface area contributed by atoms with E-state index >= 15 is 0 Å². The zero-order chi connectivity index (χ0) is 20.8. The highest BCUT2D eigenvalue weighted by atomic mass is 127. The van der Waals surface area contributed by atoms with Crippen LogP contribution in [0.25, 0.3) is 10.6 Å². The summed E-state index contributed by atoms with van der Waals surface area (Å²) < 4.78 is 5.35. The van der Waals surface area contributed by atoms with E-state index in [9.17, 15) is 0 Å². The Morgan fingerprint density at radius 1 is 1.27 bits per heavy atom. The lowest BCUT2D eigenvalue weighted by atomic mass is 10.2. The van der Waals surface area contributed by atoms with Gasteiger partial charge in [-0.1, -0.05) is 30.3 Å². The molecule has 1 atom stereocenters. The first-order chi connectivity index (χ1) is 14.0. The number of halogens is 1. The van der Waals surface area contributed by atoms with Crippen LogP contribution in [0, 0.1) is 6.92 Å². The van der Waals surface area contributed by atoms with Gasteiger partial charge in [-0.05, 0) is 13.8 Å². The summed E-state index contributed by atoms with van der Waals surface area (Å²) in [4.78, 5) is 17.1. The van der Waals surface area contributed by atoms with E-state index in [4.69, 9.17) is 9.72 Å². The van der Waals surface area contributed by atoms with Gasteiger partial charge in [0.05, 0.1) is 24.5 Å². The van der Waals surface area contributed by atoms with Crippen molar-refractivity contribution in [1.82, 2.24) is 20.2 Å². The van der Waals surface area contributed by atoms with Crippen molar-refractivity contribution in [2.75, 3.05) is 21.2 Å². The Bertz CT molecular complexity index is 957. The van der Waals surface area contributed by atoms with Gasteiger partial charge in [0.15, 0.2) is 5.96 Å². The Labute approximate surface area is 203 Å². The normalized spacial score (nSPS) is 12.4. The minimum Gasteiger partial charge on any atom is -0.375 e. The molecule has 1 aromatic carbocycles. The van der Waals surface area contributed by atoms with E-state index < -0.39 is 0 Å². The van der Waals surface area contributed by atoms with Crippen LogP contribution in [0.4, 0.5) is 0 Å². The fourth-order valence-corrected chi connectivity index (χ4v) is 4.69. The number of guanidine groups is 1. The average molecular weight is 558 g/mol. The molecule has 6 nitrogen and oxygen atoms in total. The second-order valence-electron chi connectivity index (χ2n) is 6.71. The predicted molar refractivity (Wildman–Crippen MR) is 137 cm³/mol. The van der Waals surface area contributed by atoms with Gasteiger partial charge in [-0.15, -0.1) is 46.7 Å². The number of nitrogens with one attached hydrogen (secondary N) is 1. The molecular formula is C21H28IN5OS2. The summed E-state index contributed by atoms with van der Waals surface area (Å²) in [6.07, 6.45) is 0.0182. The van der Waals surface area contributed by atoms with Crippen LogP contribution in [0.15, 0.2) is 40.7 Å². The van der Waals surface area contributed by atoms with Crippen molar-refractivity contribution in [3.05, 3.63) is 57.0 Å². The van der Waals surface area contributed by atoms with E-state index in [1.165, 1.54) is 4.88 Å². The Kier molecular flexibility index (Phi) is 9.66. The molecule has 0 saturated carbocycles. The summed E-state index contributed by atoms with van der Waals surface area (Å²) in [5.74, 6) is 0.827. The molecule has 0 radical (unpaired) electrons. The number of methoxy groups -OCH3 is 1. The number of aryl methyl sites for hydroxylation is 1. The van der Waals surface area contributed by atoms with Crippen molar-refractivity contribution in [2.24, 2.45) is 4.99 Å². The molecule has 0 aliphatic carbocycles. The molecule has 2 heterocycles. The van der Waals surface area contributed by atoms with Gasteiger partial charge in [0, 0.05) is 37.0 Å². The molecule has 1 N–H and O–H groups in total. The van der Waals surface area contributed by atoms with Gasteiger partial charge in [0.2, 0.25) is 0 Å². The molecule has 0 amide bonds. The third kappa shape index (κ3) is 6.22. The molecule has 9 heteroatoms. The zero-order valence-corrected chi connectivity index (χ0v) is 21.8. The topological polar surface area (TPSA) is 62.6 Å². The van der Waals surface area contributed by atoms with Crippen molar-refractivity contribution < 1.29 is 4.74 Å². The van der Waals surface area contributed by atoms with Gasteiger partial charge < -0.3 is 15.0 Å². The molecule has 0 spiro atoms. The molecule has 3 aromatic rings. The van der Waals surface area contributed by atoms with Crippen LogP contribution in [0.5, 0.6) is 0 Å². The molecule has 30 heavy (non-hydrogen) atoms. The largest absolute Gasteiger partial charge is 0.375 e.